The summed E-state index contributed by atoms with van der Waals surface area (Å²) in [5.41, 5.74) is 2.23. The van der Waals surface area contributed by atoms with Crippen LogP contribution in [0.2, 0.25) is 0 Å². The van der Waals surface area contributed by atoms with E-state index in [0.717, 1.165) is 5.56 Å². The van der Waals surface area contributed by atoms with Gasteiger partial charge in [0.25, 0.3) is 5.22 Å². The molecule has 2 heterocycles. The molecule has 7 heteroatoms. The summed E-state index contributed by atoms with van der Waals surface area (Å²) in [6.07, 6.45) is 0.127. The number of hydrogen-bond acceptors (Lipinski definition) is 6. The third-order valence-corrected chi connectivity index (χ3v) is 5.30. The van der Waals surface area contributed by atoms with Gasteiger partial charge in [0.05, 0.1) is 18.0 Å². The lowest BCUT2D eigenvalue weighted by atomic mass is 9.87. The van der Waals surface area contributed by atoms with Crippen molar-refractivity contribution in [2.24, 2.45) is 0 Å². The van der Waals surface area contributed by atoms with E-state index >= 15 is 0 Å². The summed E-state index contributed by atoms with van der Waals surface area (Å²) in [5.74, 6) is 0.819. The van der Waals surface area contributed by atoms with Gasteiger partial charge in [0.2, 0.25) is 11.8 Å². The van der Waals surface area contributed by atoms with E-state index in [1.165, 1.54) is 17.3 Å². The number of morpholine rings is 1. The van der Waals surface area contributed by atoms with E-state index in [2.05, 4.69) is 43.1 Å². The van der Waals surface area contributed by atoms with Crippen LogP contribution in [0.1, 0.15) is 40.2 Å². The molecule has 1 saturated heterocycles. The van der Waals surface area contributed by atoms with Crippen molar-refractivity contribution in [2.45, 2.75) is 57.5 Å². The molecule has 0 aliphatic carbocycles. The Morgan fingerprint density at radius 2 is 1.78 bits per heavy atom. The number of benzene rings is 1. The molecule has 1 fully saturated rings. The highest BCUT2D eigenvalue weighted by atomic mass is 32.2. The number of hydrogen-bond donors (Lipinski definition) is 0. The lowest BCUT2D eigenvalue weighted by Crippen LogP contribution is -2.48. The molecule has 27 heavy (non-hydrogen) atoms. The van der Waals surface area contributed by atoms with Crippen LogP contribution < -0.4 is 0 Å². The summed E-state index contributed by atoms with van der Waals surface area (Å²) in [5, 5.41) is 8.58. The number of carbonyl (C=O) groups excluding carboxylic acids is 1. The van der Waals surface area contributed by atoms with Crippen LogP contribution in [0.15, 0.2) is 33.9 Å². The topological polar surface area (TPSA) is 68.5 Å². The molecule has 0 radical (unpaired) electrons. The van der Waals surface area contributed by atoms with Gasteiger partial charge in [0, 0.05) is 18.7 Å². The Balaban J connectivity index is 1.59. The van der Waals surface area contributed by atoms with Gasteiger partial charge in [-0.3, -0.25) is 4.79 Å². The highest BCUT2D eigenvalue weighted by Crippen LogP contribution is 2.27. The number of ether oxygens (including phenoxy) is 1. The van der Waals surface area contributed by atoms with Gasteiger partial charge in [-0.25, -0.2) is 0 Å². The van der Waals surface area contributed by atoms with Crippen LogP contribution in [-0.2, 0) is 14.9 Å². The zero-order chi connectivity index (χ0) is 19.6. The maximum Gasteiger partial charge on any atom is 0.277 e. The fourth-order valence-electron chi connectivity index (χ4n) is 3.09. The molecule has 146 valence electrons. The minimum absolute atomic E-state index is 0.0637. The van der Waals surface area contributed by atoms with Crippen molar-refractivity contribution in [3.8, 4) is 11.5 Å². The molecular formula is C20H27N3O3S. The van der Waals surface area contributed by atoms with E-state index in [1.807, 2.05) is 30.9 Å². The van der Waals surface area contributed by atoms with E-state index in [9.17, 15) is 4.79 Å². The summed E-state index contributed by atoms with van der Waals surface area (Å²) in [6.45, 7) is 11.7. The number of amides is 1. The molecule has 3 rings (SSSR count). The summed E-state index contributed by atoms with van der Waals surface area (Å²) in [6, 6.07) is 8.14. The van der Waals surface area contributed by atoms with Crippen LogP contribution >= 0.6 is 11.8 Å². The predicted octanol–water partition coefficient (Wildman–Crippen LogP) is 3.76. The molecule has 1 aliphatic heterocycles. The van der Waals surface area contributed by atoms with Gasteiger partial charge in [0.15, 0.2) is 0 Å². The normalized spacial score (nSPS) is 20.7. The average Bonchev–Trinajstić information content (AvgIpc) is 3.07. The molecule has 1 aromatic heterocycles. The van der Waals surface area contributed by atoms with Gasteiger partial charge in [-0.1, -0.05) is 44.7 Å². The molecule has 0 N–H and O–H groups in total. The molecule has 1 amide bonds. The van der Waals surface area contributed by atoms with E-state index in [0.29, 0.717) is 24.2 Å². The van der Waals surface area contributed by atoms with Crippen molar-refractivity contribution in [1.82, 2.24) is 15.1 Å². The third-order valence-electron chi connectivity index (χ3n) is 4.50. The Hall–Kier alpha value is -1.86. The zero-order valence-electron chi connectivity index (χ0n) is 16.6. The monoisotopic (exact) mass is 389 g/mol. The Labute approximate surface area is 164 Å². The molecule has 2 aromatic rings. The Morgan fingerprint density at radius 1 is 1.15 bits per heavy atom. The number of aromatic nitrogens is 2. The Kier molecular flexibility index (Phi) is 5.91. The first-order chi connectivity index (χ1) is 12.7. The van der Waals surface area contributed by atoms with Gasteiger partial charge in [0.1, 0.15) is 0 Å². The van der Waals surface area contributed by atoms with Crippen LogP contribution in [-0.4, -0.2) is 52.1 Å². The van der Waals surface area contributed by atoms with E-state index < -0.39 is 0 Å². The Bertz CT molecular complexity index is 773. The second-order valence-electron chi connectivity index (χ2n) is 8.05. The molecule has 0 saturated carbocycles. The molecule has 2 atom stereocenters. The summed E-state index contributed by atoms with van der Waals surface area (Å²) >= 11 is 1.28. The SMILES string of the molecule is C[C@H]1CN(C(=O)CSc2nnc(-c3ccc(C(C)(C)C)cc3)o2)C[C@H](C)O1. The van der Waals surface area contributed by atoms with Crippen molar-refractivity contribution in [1.29, 1.82) is 0 Å². The van der Waals surface area contributed by atoms with Crippen LogP contribution in [0.25, 0.3) is 11.5 Å². The quantitative estimate of drug-likeness (QED) is 0.742. The largest absolute Gasteiger partial charge is 0.411 e. The van der Waals surface area contributed by atoms with Crippen molar-refractivity contribution in [3.05, 3.63) is 29.8 Å². The number of rotatable bonds is 4. The second kappa shape index (κ2) is 8.02. The fourth-order valence-corrected chi connectivity index (χ4v) is 3.76. The molecule has 0 spiro atoms. The van der Waals surface area contributed by atoms with Gasteiger partial charge >= 0.3 is 0 Å². The maximum absolute atomic E-state index is 12.4. The maximum atomic E-state index is 12.4. The average molecular weight is 390 g/mol. The smallest absolute Gasteiger partial charge is 0.277 e. The van der Waals surface area contributed by atoms with Gasteiger partial charge in [-0.05, 0) is 37.0 Å². The van der Waals surface area contributed by atoms with E-state index in [4.69, 9.17) is 9.15 Å². The first-order valence-electron chi connectivity index (χ1n) is 9.23. The first kappa shape index (κ1) is 19.9. The molecule has 0 unspecified atom stereocenters. The molecular weight excluding hydrogens is 362 g/mol. The number of carbonyl (C=O) groups is 1. The number of nitrogens with zero attached hydrogens (tertiary/aromatic N) is 3. The van der Waals surface area contributed by atoms with Crippen LogP contribution in [0.4, 0.5) is 0 Å². The minimum atomic E-state index is 0.0637. The number of thioether (sulfide) groups is 1. The van der Waals surface area contributed by atoms with Crippen molar-refractivity contribution < 1.29 is 13.9 Å². The molecule has 1 aliphatic rings. The summed E-state index contributed by atoms with van der Waals surface area (Å²) < 4.78 is 11.4. The molecule has 6 nitrogen and oxygen atoms in total. The third kappa shape index (κ3) is 5.11. The van der Waals surface area contributed by atoms with Gasteiger partial charge in [-0.15, -0.1) is 10.2 Å². The van der Waals surface area contributed by atoms with Crippen LogP contribution in [0.3, 0.4) is 0 Å². The molecule has 1 aromatic carbocycles. The van der Waals surface area contributed by atoms with Crippen LogP contribution in [0.5, 0.6) is 0 Å². The standard InChI is InChI=1S/C20H27N3O3S/c1-13-10-23(11-14(2)25-13)17(24)12-27-19-22-21-18(26-19)15-6-8-16(9-7-15)20(3,4)5/h6-9,13-14H,10-12H2,1-5H3/t13-,14-/m0/s1. The van der Waals surface area contributed by atoms with E-state index in [-0.39, 0.29) is 29.3 Å². The lowest BCUT2D eigenvalue weighted by Gasteiger charge is -2.35. The molecule has 0 bridgehead atoms. The zero-order valence-corrected chi connectivity index (χ0v) is 17.4. The fraction of sp³-hybridized carbons (Fsp3) is 0.550. The summed E-state index contributed by atoms with van der Waals surface area (Å²) in [4.78, 5) is 14.3. The van der Waals surface area contributed by atoms with Gasteiger partial charge < -0.3 is 14.1 Å². The Morgan fingerprint density at radius 3 is 2.37 bits per heavy atom. The van der Waals surface area contributed by atoms with E-state index in [1.54, 1.807) is 0 Å². The second-order valence-corrected chi connectivity index (χ2v) is 8.97. The highest BCUT2D eigenvalue weighted by Gasteiger charge is 2.26. The van der Waals surface area contributed by atoms with Crippen molar-refractivity contribution in [2.75, 3.05) is 18.8 Å². The van der Waals surface area contributed by atoms with Crippen molar-refractivity contribution in [3.63, 3.8) is 0 Å². The van der Waals surface area contributed by atoms with Gasteiger partial charge in [-0.2, -0.15) is 0 Å². The lowest BCUT2D eigenvalue weighted by molar-refractivity contribution is -0.140. The highest BCUT2D eigenvalue weighted by molar-refractivity contribution is 7.99. The minimum Gasteiger partial charge on any atom is -0.411 e. The van der Waals surface area contributed by atoms with Crippen LogP contribution in [0, 0.1) is 0 Å². The predicted molar refractivity (Wildman–Crippen MR) is 106 cm³/mol. The first-order valence-corrected chi connectivity index (χ1v) is 10.2. The van der Waals surface area contributed by atoms with Crippen molar-refractivity contribution >= 4 is 17.7 Å². The summed E-state index contributed by atoms with van der Waals surface area (Å²) in [7, 11) is 0.